The normalized spacial score (nSPS) is 21.8. The van der Waals surface area contributed by atoms with Crippen LogP contribution < -0.4 is 4.72 Å². The van der Waals surface area contributed by atoms with E-state index in [4.69, 9.17) is 4.74 Å². The van der Waals surface area contributed by atoms with E-state index in [1.165, 1.54) is 18.2 Å². The number of aryl methyl sites for hydroxylation is 1. The molecule has 2 atom stereocenters. The van der Waals surface area contributed by atoms with Crippen LogP contribution in [0.1, 0.15) is 24.6 Å². The van der Waals surface area contributed by atoms with Crippen molar-refractivity contribution in [2.24, 2.45) is 13.0 Å². The quantitative estimate of drug-likeness (QED) is 0.892. The largest absolute Gasteiger partial charge is 0.372 e. The smallest absolute Gasteiger partial charge is 0.243 e. The van der Waals surface area contributed by atoms with Gasteiger partial charge < -0.3 is 4.74 Å². The third-order valence-electron chi connectivity index (χ3n) is 4.26. The van der Waals surface area contributed by atoms with Gasteiger partial charge in [0.05, 0.1) is 5.69 Å². The molecule has 0 unspecified atom stereocenters. The molecule has 2 aromatic rings. The van der Waals surface area contributed by atoms with Crippen LogP contribution in [0, 0.1) is 11.7 Å². The molecule has 6 nitrogen and oxygen atoms in total. The fourth-order valence-corrected chi connectivity index (χ4v) is 4.17. The summed E-state index contributed by atoms with van der Waals surface area (Å²) in [6, 6.07) is 7.22. The molecule has 1 aliphatic rings. The van der Waals surface area contributed by atoms with Crippen LogP contribution >= 0.6 is 0 Å². The third kappa shape index (κ3) is 3.50. The Bertz CT molecular complexity index is 806. The van der Waals surface area contributed by atoms with Crippen molar-refractivity contribution in [3.63, 3.8) is 0 Å². The molecule has 0 bridgehead atoms. The van der Waals surface area contributed by atoms with E-state index in [-0.39, 0.29) is 23.5 Å². The van der Waals surface area contributed by atoms with Gasteiger partial charge in [0, 0.05) is 32.3 Å². The summed E-state index contributed by atoms with van der Waals surface area (Å²) in [6.07, 6.45) is 3.15. The van der Waals surface area contributed by atoms with Gasteiger partial charge in [-0.1, -0.05) is 12.1 Å². The first kappa shape index (κ1) is 17.1. The van der Waals surface area contributed by atoms with E-state index in [9.17, 15) is 12.8 Å². The molecule has 1 N–H and O–H groups in total. The molecule has 1 aromatic heterocycles. The zero-order valence-corrected chi connectivity index (χ0v) is 14.2. The van der Waals surface area contributed by atoms with Gasteiger partial charge in [-0.05, 0) is 31.0 Å². The van der Waals surface area contributed by atoms with Crippen LogP contribution in [0.15, 0.2) is 41.4 Å². The number of sulfonamides is 1. The van der Waals surface area contributed by atoms with E-state index in [0.29, 0.717) is 6.61 Å². The standard InChI is InChI=1S/C16H20FN3O3S/c1-20-14(8-9-18-20)16-12(5-4-10-23-16)11-19-24(21,22)15-7-3-2-6-13(15)17/h2-3,6-9,12,16,19H,4-5,10-11H2,1H3/t12-,16+/m0/s1. The SMILES string of the molecule is Cn1nccc1[C@@H]1OCCC[C@H]1CNS(=O)(=O)c1ccccc1F. The molecule has 2 heterocycles. The van der Waals surface area contributed by atoms with Gasteiger partial charge >= 0.3 is 0 Å². The average molecular weight is 353 g/mol. The maximum atomic E-state index is 13.7. The van der Waals surface area contributed by atoms with Crippen molar-refractivity contribution in [2.75, 3.05) is 13.2 Å². The molecule has 0 saturated carbocycles. The van der Waals surface area contributed by atoms with Crippen molar-refractivity contribution in [3.05, 3.63) is 48.0 Å². The van der Waals surface area contributed by atoms with Crippen molar-refractivity contribution in [1.82, 2.24) is 14.5 Å². The lowest BCUT2D eigenvalue weighted by Gasteiger charge is -2.31. The predicted octanol–water partition coefficient (Wildman–Crippen LogP) is 2.01. The van der Waals surface area contributed by atoms with Crippen LogP contribution in [0.5, 0.6) is 0 Å². The molecule has 0 radical (unpaired) electrons. The Morgan fingerprint density at radius 3 is 2.88 bits per heavy atom. The topological polar surface area (TPSA) is 73.2 Å². The molecular weight excluding hydrogens is 333 g/mol. The molecular formula is C16H20FN3O3S. The Morgan fingerprint density at radius 2 is 2.17 bits per heavy atom. The van der Waals surface area contributed by atoms with Crippen molar-refractivity contribution in [2.45, 2.75) is 23.8 Å². The van der Waals surface area contributed by atoms with E-state index >= 15 is 0 Å². The molecule has 1 aliphatic heterocycles. The first-order chi connectivity index (χ1) is 11.5. The molecule has 1 saturated heterocycles. The highest BCUT2D eigenvalue weighted by Gasteiger charge is 2.31. The summed E-state index contributed by atoms with van der Waals surface area (Å²) in [4.78, 5) is -0.334. The number of hydrogen-bond donors (Lipinski definition) is 1. The molecule has 130 valence electrons. The van der Waals surface area contributed by atoms with Crippen molar-refractivity contribution < 1.29 is 17.5 Å². The van der Waals surface area contributed by atoms with E-state index in [1.807, 2.05) is 13.1 Å². The Kier molecular flexibility index (Phi) is 4.98. The maximum Gasteiger partial charge on any atom is 0.243 e. The van der Waals surface area contributed by atoms with Crippen LogP contribution in [0.3, 0.4) is 0 Å². The van der Waals surface area contributed by atoms with Gasteiger partial charge in [0.25, 0.3) is 0 Å². The van der Waals surface area contributed by atoms with Crippen molar-refractivity contribution >= 4 is 10.0 Å². The maximum absolute atomic E-state index is 13.7. The van der Waals surface area contributed by atoms with Crippen molar-refractivity contribution in [1.29, 1.82) is 0 Å². The van der Waals surface area contributed by atoms with Gasteiger partial charge in [-0.15, -0.1) is 0 Å². The van der Waals surface area contributed by atoms with Crippen LogP contribution in [0.25, 0.3) is 0 Å². The summed E-state index contributed by atoms with van der Waals surface area (Å²) in [5.74, 6) is -0.788. The van der Waals surface area contributed by atoms with Gasteiger partial charge in [-0.3, -0.25) is 4.68 Å². The lowest BCUT2D eigenvalue weighted by molar-refractivity contribution is -0.0307. The molecule has 0 amide bonds. The minimum absolute atomic E-state index is 0.0318. The van der Waals surface area contributed by atoms with Crippen LogP contribution in [0.2, 0.25) is 0 Å². The lowest BCUT2D eigenvalue weighted by Crippen LogP contribution is -2.36. The highest BCUT2D eigenvalue weighted by Crippen LogP contribution is 2.33. The highest BCUT2D eigenvalue weighted by atomic mass is 32.2. The van der Waals surface area contributed by atoms with Gasteiger partial charge in [0.1, 0.15) is 16.8 Å². The molecule has 0 spiro atoms. The summed E-state index contributed by atoms with van der Waals surface area (Å²) in [5.41, 5.74) is 0.907. The second kappa shape index (κ2) is 7.00. The summed E-state index contributed by atoms with van der Waals surface area (Å²) in [7, 11) is -2.07. The zero-order valence-electron chi connectivity index (χ0n) is 13.4. The second-order valence-corrected chi connectivity index (χ2v) is 7.59. The van der Waals surface area contributed by atoms with E-state index < -0.39 is 15.8 Å². The number of benzene rings is 1. The van der Waals surface area contributed by atoms with E-state index in [0.717, 1.165) is 24.6 Å². The first-order valence-electron chi connectivity index (χ1n) is 7.83. The number of hydrogen-bond acceptors (Lipinski definition) is 4. The number of nitrogens with one attached hydrogen (secondary N) is 1. The fraction of sp³-hybridized carbons (Fsp3) is 0.438. The summed E-state index contributed by atoms with van der Waals surface area (Å²) in [5, 5.41) is 4.14. The monoisotopic (exact) mass is 353 g/mol. The average Bonchev–Trinajstić information content (AvgIpc) is 2.99. The molecule has 1 fully saturated rings. The lowest BCUT2D eigenvalue weighted by atomic mass is 9.92. The first-order valence-corrected chi connectivity index (χ1v) is 9.31. The van der Waals surface area contributed by atoms with Gasteiger partial charge in [0.2, 0.25) is 10.0 Å². The van der Waals surface area contributed by atoms with Crippen LogP contribution in [0.4, 0.5) is 4.39 Å². The predicted molar refractivity (Wildman–Crippen MR) is 86.2 cm³/mol. The second-order valence-electron chi connectivity index (χ2n) is 5.86. The van der Waals surface area contributed by atoms with Gasteiger partial charge in [0.15, 0.2) is 0 Å². The number of ether oxygens (including phenoxy) is 1. The molecule has 0 aliphatic carbocycles. The van der Waals surface area contributed by atoms with Gasteiger partial charge in [-0.2, -0.15) is 5.10 Å². The van der Waals surface area contributed by atoms with Gasteiger partial charge in [-0.25, -0.2) is 17.5 Å². The highest BCUT2D eigenvalue weighted by molar-refractivity contribution is 7.89. The molecule has 24 heavy (non-hydrogen) atoms. The molecule has 8 heteroatoms. The van der Waals surface area contributed by atoms with Crippen LogP contribution in [-0.4, -0.2) is 31.3 Å². The van der Waals surface area contributed by atoms with E-state index in [2.05, 4.69) is 9.82 Å². The molecule has 3 rings (SSSR count). The number of nitrogens with zero attached hydrogens (tertiary/aromatic N) is 2. The summed E-state index contributed by atoms with van der Waals surface area (Å²) < 4.78 is 48.5. The molecule has 1 aromatic carbocycles. The Hall–Kier alpha value is -1.77. The van der Waals surface area contributed by atoms with E-state index in [1.54, 1.807) is 10.9 Å². The third-order valence-corrected chi connectivity index (χ3v) is 5.71. The van der Waals surface area contributed by atoms with Crippen molar-refractivity contribution in [3.8, 4) is 0 Å². The number of aromatic nitrogens is 2. The Balaban J connectivity index is 1.75. The summed E-state index contributed by atoms with van der Waals surface area (Å²) >= 11 is 0. The van der Waals surface area contributed by atoms with Crippen LogP contribution in [-0.2, 0) is 21.8 Å². The fourth-order valence-electron chi connectivity index (χ4n) is 3.00. The minimum atomic E-state index is -3.90. The number of halogens is 1. The number of rotatable bonds is 5. The summed E-state index contributed by atoms with van der Waals surface area (Å²) in [6.45, 7) is 0.818. The zero-order chi connectivity index (χ0) is 17.2. The Morgan fingerprint density at radius 1 is 1.38 bits per heavy atom. The Labute approximate surface area is 140 Å². The minimum Gasteiger partial charge on any atom is -0.372 e.